The van der Waals surface area contributed by atoms with E-state index >= 15 is 0 Å². The number of aromatic nitrogens is 1. The molecule has 0 unspecified atom stereocenters. The third kappa shape index (κ3) is 7.68. The molecule has 0 aliphatic carbocycles. The summed E-state index contributed by atoms with van der Waals surface area (Å²) in [5.41, 5.74) is -3.94. The van der Waals surface area contributed by atoms with Crippen LogP contribution in [0.3, 0.4) is 0 Å². The van der Waals surface area contributed by atoms with Crippen LogP contribution in [0.25, 0.3) is 0 Å². The molecule has 0 radical (unpaired) electrons. The lowest BCUT2D eigenvalue weighted by molar-refractivity contribution is -0.140. The monoisotopic (exact) mass is 671 g/mol. The van der Waals surface area contributed by atoms with Gasteiger partial charge in [-0.2, -0.15) is 13.2 Å². The van der Waals surface area contributed by atoms with Crippen LogP contribution in [0.5, 0.6) is 0 Å². The second kappa shape index (κ2) is 12.2. The zero-order valence-electron chi connectivity index (χ0n) is 26.6. The number of halogens is 5. The molecule has 0 saturated heterocycles. The van der Waals surface area contributed by atoms with Gasteiger partial charge in [0.1, 0.15) is 25.0 Å². The smallest absolute Gasteiger partial charge is 0.322 e. The summed E-state index contributed by atoms with van der Waals surface area (Å²) in [6.07, 6.45) is -5.10. The molecule has 1 aliphatic rings. The quantitative estimate of drug-likeness (QED) is 0.185. The van der Waals surface area contributed by atoms with Crippen molar-refractivity contribution in [1.82, 2.24) is 4.57 Å². The van der Waals surface area contributed by atoms with Crippen LogP contribution in [-0.4, -0.2) is 28.3 Å². The zero-order valence-corrected chi connectivity index (χ0v) is 27.5. The minimum absolute atomic E-state index is 0.0878. The SMILES string of the molecule is Cc1cc(F)ccc1N1CN(c2ccc(=O)n(COP(=O)(OC(C)(C)C)OC(C)(C)C)c2C)C(=O)c2cc(C(F)(F)F)c(F)cc21. The first-order valence-corrected chi connectivity index (χ1v) is 15.6. The first-order valence-electron chi connectivity index (χ1n) is 14.1. The number of phosphoric ester groups is 1. The number of carbonyl (C=O) groups is 1. The summed E-state index contributed by atoms with van der Waals surface area (Å²) in [7, 11) is -4.28. The Balaban J connectivity index is 1.83. The van der Waals surface area contributed by atoms with E-state index < -0.39 is 66.2 Å². The standard InChI is InChI=1S/C31H35F5N3O6P/c1-18-13-20(32)9-10-24(18)37-16-38(28(41)21-14-22(31(34,35)36)23(33)15-26(21)37)25-11-12-27(40)39(19(25)2)17-43-46(42,44-29(3,4)5)45-30(6,7)8/h9-15H,16-17H2,1-8H3. The zero-order chi connectivity index (χ0) is 34.6. The molecule has 0 bridgehead atoms. The lowest BCUT2D eigenvalue weighted by Crippen LogP contribution is -2.46. The highest BCUT2D eigenvalue weighted by molar-refractivity contribution is 7.48. The van der Waals surface area contributed by atoms with E-state index in [-0.39, 0.29) is 23.7 Å². The molecule has 46 heavy (non-hydrogen) atoms. The molecule has 1 aliphatic heterocycles. The fourth-order valence-corrected chi connectivity index (χ4v) is 6.64. The minimum Gasteiger partial charge on any atom is -0.322 e. The number of phosphoric acid groups is 1. The fourth-order valence-electron chi connectivity index (χ4n) is 4.90. The topological polar surface area (TPSA) is 90.3 Å². The van der Waals surface area contributed by atoms with Gasteiger partial charge in [-0.25, -0.2) is 13.3 Å². The highest BCUT2D eigenvalue weighted by atomic mass is 31.2. The van der Waals surface area contributed by atoms with Crippen molar-refractivity contribution in [2.24, 2.45) is 0 Å². The van der Waals surface area contributed by atoms with Crippen molar-refractivity contribution in [1.29, 1.82) is 0 Å². The highest BCUT2D eigenvalue weighted by Crippen LogP contribution is 2.55. The van der Waals surface area contributed by atoms with Crippen molar-refractivity contribution in [3.05, 3.63) is 86.8 Å². The van der Waals surface area contributed by atoms with E-state index in [4.69, 9.17) is 13.6 Å². The van der Waals surface area contributed by atoms with E-state index in [9.17, 15) is 36.1 Å². The Morgan fingerprint density at radius 2 is 1.39 bits per heavy atom. The average molecular weight is 672 g/mol. The maximum atomic E-state index is 14.8. The molecule has 9 nitrogen and oxygen atoms in total. The van der Waals surface area contributed by atoms with Gasteiger partial charge < -0.3 is 4.90 Å². The first kappa shape index (κ1) is 35.3. The molecule has 0 atom stereocenters. The number of amides is 1. The van der Waals surface area contributed by atoms with E-state index in [1.54, 1.807) is 48.5 Å². The number of aryl methyl sites for hydroxylation is 1. The van der Waals surface area contributed by atoms with Gasteiger partial charge in [0.2, 0.25) is 0 Å². The third-order valence-corrected chi connectivity index (χ3v) is 8.70. The molecule has 0 fully saturated rings. The molecule has 250 valence electrons. The molecule has 1 aromatic heterocycles. The van der Waals surface area contributed by atoms with Gasteiger partial charge in [0.15, 0.2) is 0 Å². The van der Waals surface area contributed by atoms with Crippen LogP contribution in [0.2, 0.25) is 0 Å². The highest BCUT2D eigenvalue weighted by Gasteiger charge is 2.41. The molecule has 1 amide bonds. The Morgan fingerprint density at radius 1 is 0.804 bits per heavy atom. The van der Waals surface area contributed by atoms with Crippen LogP contribution in [0.15, 0.2) is 47.3 Å². The number of benzene rings is 2. The van der Waals surface area contributed by atoms with Gasteiger partial charge in [0.05, 0.1) is 33.7 Å². The van der Waals surface area contributed by atoms with E-state index in [1.807, 2.05) is 0 Å². The molecular formula is C31H35F5N3O6P. The Morgan fingerprint density at radius 3 is 1.93 bits per heavy atom. The van der Waals surface area contributed by atoms with E-state index in [0.717, 1.165) is 21.6 Å². The molecular weight excluding hydrogens is 636 g/mol. The van der Waals surface area contributed by atoms with Crippen LogP contribution in [0.1, 0.15) is 68.7 Å². The van der Waals surface area contributed by atoms with Gasteiger partial charge in [-0.05, 0) is 97.4 Å². The summed E-state index contributed by atoms with van der Waals surface area (Å²) in [6.45, 7) is 11.9. The number of hydrogen-bond donors (Lipinski definition) is 0. The predicted octanol–water partition coefficient (Wildman–Crippen LogP) is 8.23. The Hall–Kier alpha value is -3.58. The number of rotatable bonds is 7. The number of nitrogens with zero attached hydrogens (tertiary/aromatic N) is 3. The molecule has 4 rings (SSSR count). The third-order valence-electron chi connectivity index (χ3n) is 6.72. The molecule has 0 saturated carbocycles. The lowest BCUT2D eigenvalue weighted by atomic mass is 10.0. The second-order valence-electron chi connectivity index (χ2n) is 12.8. The summed E-state index contributed by atoms with van der Waals surface area (Å²) >= 11 is 0. The Kier molecular flexibility index (Phi) is 9.37. The average Bonchev–Trinajstić information content (AvgIpc) is 2.86. The number of fused-ring (bicyclic) bond motifs is 1. The van der Waals surface area contributed by atoms with E-state index in [1.165, 1.54) is 30.0 Å². The molecule has 0 spiro atoms. The largest absolute Gasteiger partial charge is 0.477 e. The van der Waals surface area contributed by atoms with Crippen LogP contribution >= 0.6 is 7.82 Å². The fraction of sp³-hybridized carbons (Fsp3) is 0.419. The number of pyridine rings is 1. The molecule has 0 N–H and O–H groups in total. The number of carbonyl (C=O) groups excluding carboxylic acids is 1. The van der Waals surface area contributed by atoms with Crippen molar-refractivity contribution in [3.63, 3.8) is 0 Å². The molecule has 15 heteroatoms. The van der Waals surface area contributed by atoms with Gasteiger partial charge >= 0.3 is 14.0 Å². The van der Waals surface area contributed by atoms with Gasteiger partial charge in [0.25, 0.3) is 11.5 Å². The van der Waals surface area contributed by atoms with Crippen LogP contribution in [0.4, 0.5) is 39.0 Å². The lowest BCUT2D eigenvalue weighted by Gasteiger charge is -2.39. The van der Waals surface area contributed by atoms with Gasteiger partial charge in [0, 0.05) is 17.4 Å². The van der Waals surface area contributed by atoms with Crippen molar-refractivity contribution < 1.29 is 44.9 Å². The predicted molar refractivity (Wildman–Crippen MR) is 162 cm³/mol. The molecule has 2 aromatic carbocycles. The van der Waals surface area contributed by atoms with Crippen molar-refractivity contribution in [2.45, 2.75) is 79.5 Å². The van der Waals surface area contributed by atoms with E-state index in [2.05, 4.69) is 0 Å². The van der Waals surface area contributed by atoms with Crippen molar-refractivity contribution in [3.8, 4) is 0 Å². The molecule has 2 heterocycles. The van der Waals surface area contributed by atoms with E-state index in [0.29, 0.717) is 23.4 Å². The number of anilines is 3. The van der Waals surface area contributed by atoms with Gasteiger partial charge in [-0.15, -0.1) is 0 Å². The van der Waals surface area contributed by atoms with Crippen molar-refractivity contribution in [2.75, 3.05) is 16.5 Å². The number of alkyl halides is 3. The van der Waals surface area contributed by atoms with Gasteiger partial charge in [-0.3, -0.25) is 32.6 Å². The van der Waals surface area contributed by atoms with Crippen molar-refractivity contribution >= 4 is 30.8 Å². The van der Waals surface area contributed by atoms with Gasteiger partial charge in [-0.1, -0.05) is 0 Å². The summed E-state index contributed by atoms with van der Waals surface area (Å²) < 4.78 is 101. The van der Waals surface area contributed by atoms with Crippen LogP contribution in [0, 0.1) is 25.5 Å². The van der Waals surface area contributed by atoms with Crippen LogP contribution < -0.4 is 15.4 Å². The maximum Gasteiger partial charge on any atom is 0.477 e. The summed E-state index contributed by atoms with van der Waals surface area (Å²) in [5.74, 6) is -3.07. The summed E-state index contributed by atoms with van der Waals surface area (Å²) in [6, 6.07) is 7.15. The minimum atomic E-state index is -5.10. The normalized spacial score (nSPS) is 14.6. The van der Waals surface area contributed by atoms with Crippen LogP contribution in [-0.2, 0) is 31.0 Å². The maximum absolute atomic E-state index is 14.8. The summed E-state index contributed by atoms with van der Waals surface area (Å²) in [5, 5.41) is 0. The Labute approximate surface area is 263 Å². The summed E-state index contributed by atoms with van der Waals surface area (Å²) in [4.78, 5) is 29.3. The Bertz CT molecular complexity index is 1760. The second-order valence-corrected chi connectivity index (χ2v) is 14.3. The number of hydrogen-bond acceptors (Lipinski definition) is 7. The molecule has 3 aromatic rings. The first-order chi connectivity index (χ1) is 21.0.